The van der Waals surface area contributed by atoms with Crippen molar-refractivity contribution in [3.63, 3.8) is 0 Å². The minimum absolute atomic E-state index is 0.296. The van der Waals surface area contributed by atoms with Gasteiger partial charge in [0.25, 0.3) is 0 Å². The van der Waals surface area contributed by atoms with E-state index < -0.39 is 0 Å². The van der Waals surface area contributed by atoms with E-state index in [1.54, 1.807) is 6.07 Å². The third kappa shape index (κ3) is 2.52. The molecule has 17 heavy (non-hydrogen) atoms. The first-order valence-corrected chi connectivity index (χ1v) is 5.71. The molecule has 2 aromatic heterocycles. The third-order valence-corrected chi connectivity index (χ3v) is 2.74. The Hall–Kier alpha value is -1.71. The van der Waals surface area contributed by atoms with E-state index >= 15 is 0 Å². The zero-order valence-electron chi connectivity index (χ0n) is 9.97. The number of aromatic nitrogens is 3. The van der Waals surface area contributed by atoms with Gasteiger partial charge in [0.1, 0.15) is 11.5 Å². The van der Waals surface area contributed by atoms with Crippen molar-refractivity contribution in [2.75, 3.05) is 0 Å². The number of hydrogen-bond acceptors (Lipinski definition) is 2. The summed E-state index contributed by atoms with van der Waals surface area (Å²) in [4.78, 5) is 4.01. The average molecular weight is 232 g/mol. The van der Waals surface area contributed by atoms with Crippen LogP contribution in [-0.4, -0.2) is 14.8 Å². The molecule has 1 atom stereocenters. The molecule has 0 aromatic carbocycles. The minimum Gasteiger partial charge on any atom is -0.269 e. The minimum atomic E-state index is -0.332. The summed E-state index contributed by atoms with van der Waals surface area (Å²) in [6, 6.07) is 5.22. The first kappa shape index (κ1) is 11.8. The lowest BCUT2D eigenvalue weighted by Gasteiger charge is -2.11. The average Bonchev–Trinajstić information content (AvgIpc) is 2.81. The summed E-state index contributed by atoms with van der Waals surface area (Å²) < 4.78 is 14.7. The maximum absolute atomic E-state index is 12.8. The second kappa shape index (κ2) is 5.08. The number of hydrogen-bond donors (Lipinski definition) is 0. The maximum atomic E-state index is 12.8. The van der Waals surface area contributed by atoms with Crippen LogP contribution >= 0.6 is 0 Å². The molecule has 89 valence electrons. The Bertz CT molecular complexity index is 472. The monoisotopic (exact) mass is 232 g/mol. The van der Waals surface area contributed by atoms with Crippen molar-refractivity contribution in [2.45, 2.75) is 26.3 Å². The summed E-state index contributed by atoms with van der Waals surface area (Å²) >= 11 is 0. The van der Waals surface area contributed by atoms with Crippen molar-refractivity contribution in [1.29, 1.82) is 0 Å². The predicted molar refractivity (Wildman–Crippen MR) is 64.7 cm³/mol. The van der Waals surface area contributed by atoms with Crippen molar-refractivity contribution >= 4 is 0 Å². The standard InChI is InChI=1S/C13H15FN3/c1-3-11(4-2)17-8-7-13(16-17)12-6-5-10(14)9-15-12/h3,5-9,11H,4H2,1-2H3. The molecular weight excluding hydrogens is 217 g/mol. The molecule has 2 heterocycles. The van der Waals surface area contributed by atoms with E-state index in [0.717, 1.165) is 12.1 Å². The van der Waals surface area contributed by atoms with E-state index in [0.29, 0.717) is 11.7 Å². The highest BCUT2D eigenvalue weighted by Crippen LogP contribution is 2.18. The van der Waals surface area contributed by atoms with Crippen LogP contribution in [0.2, 0.25) is 0 Å². The van der Waals surface area contributed by atoms with Gasteiger partial charge in [-0.15, -0.1) is 0 Å². The van der Waals surface area contributed by atoms with Gasteiger partial charge in [-0.3, -0.25) is 9.67 Å². The van der Waals surface area contributed by atoms with Gasteiger partial charge >= 0.3 is 0 Å². The summed E-state index contributed by atoms with van der Waals surface area (Å²) in [5, 5.41) is 4.45. The molecule has 4 heteroatoms. The molecule has 2 rings (SSSR count). The SMILES string of the molecule is C[CH]C(CC)n1ccc(-c2ccc(F)cn2)n1. The fourth-order valence-electron chi connectivity index (χ4n) is 1.76. The van der Waals surface area contributed by atoms with Crippen LogP contribution in [0.1, 0.15) is 26.3 Å². The van der Waals surface area contributed by atoms with Gasteiger partial charge in [0, 0.05) is 6.20 Å². The Labute approximate surface area is 100 Å². The maximum Gasteiger partial charge on any atom is 0.141 e. The Kier molecular flexibility index (Phi) is 3.52. The first-order valence-electron chi connectivity index (χ1n) is 5.71. The van der Waals surface area contributed by atoms with Crippen LogP contribution in [0.4, 0.5) is 4.39 Å². The summed E-state index contributed by atoms with van der Waals surface area (Å²) in [6.07, 6.45) is 6.23. The van der Waals surface area contributed by atoms with Crippen molar-refractivity contribution in [3.8, 4) is 11.4 Å². The van der Waals surface area contributed by atoms with Crippen LogP contribution in [0.15, 0.2) is 30.6 Å². The summed E-state index contributed by atoms with van der Waals surface area (Å²) in [5.74, 6) is -0.332. The number of pyridine rings is 1. The molecule has 0 N–H and O–H groups in total. The van der Waals surface area contributed by atoms with E-state index in [9.17, 15) is 4.39 Å². The largest absolute Gasteiger partial charge is 0.269 e. The normalized spacial score (nSPS) is 11.1. The van der Waals surface area contributed by atoms with Crippen molar-refractivity contribution in [2.24, 2.45) is 0 Å². The van der Waals surface area contributed by atoms with Crippen molar-refractivity contribution < 1.29 is 4.39 Å². The molecule has 1 radical (unpaired) electrons. The van der Waals surface area contributed by atoms with E-state index in [-0.39, 0.29) is 5.82 Å². The molecule has 0 fully saturated rings. The number of nitrogens with zero attached hydrogens (tertiary/aromatic N) is 3. The lowest BCUT2D eigenvalue weighted by atomic mass is 10.2. The highest BCUT2D eigenvalue weighted by atomic mass is 19.1. The second-order valence-electron chi connectivity index (χ2n) is 3.85. The molecule has 3 nitrogen and oxygen atoms in total. The van der Waals surface area contributed by atoms with Crippen LogP contribution in [0, 0.1) is 12.2 Å². The van der Waals surface area contributed by atoms with Crippen LogP contribution in [-0.2, 0) is 0 Å². The Morgan fingerprint density at radius 2 is 2.18 bits per heavy atom. The van der Waals surface area contributed by atoms with Gasteiger partial charge in [0.15, 0.2) is 0 Å². The lowest BCUT2D eigenvalue weighted by Crippen LogP contribution is -2.07. The highest BCUT2D eigenvalue weighted by Gasteiger charge is 2.09. The van der Waals surface area contributed by atoms with Gasteiger partial charge in [-0.05, 0) is 31.0 Å². The zero-order chi connectivity index (χ0) is 12.3. The van der Waals surface area contributed by atoms with E-state index in [1.807, 2.05) is 23.9 Å². The van der Waals surface area contributed by atoms with Crippen LogP contribution < -0.4 is 0 Å². The molecule has 0 amide bonds. The van der Waals surface area contributed by atoms with Gasteiger partial charge in [-0.25, -0.2) is 4.39 Å². The molecule has 0 saturated heterocycles. The van der Waals surface area contributed by atoms with Crippen LogP contribution in [0.3, 0.4) is 0 Å². The molecule has 0 spiro atoms. The van der Waals surface area contributed by atoms with Gasteiger partial charge in [0.05, 0.1) is 17.9 Å². The smallest absolute Gasteiger partial charge is 0.141 e. The third-order valence-electron chi connectivity index (χ3n) is 2.74. The fraction of sp³-hybridized carbons (Fsp3) is 0.308. The zero-order valence-corrected chi connectivity index (χ0v) is 9.97. The second-order valence-corrected chi connectivity index (χ2v) is 3.85. The number of rotatable bonds is 4. The van der Waals surface area contributed by atoms with Gasteiger partial charge in [-0.1, -0.05) is 13.8 Å². The van der Waals surface area contributed by atoms with Gasteiger partial charge in [0.2, 0.25) is 0 Å². The molecule has 1 unspecified atom stereocenters. The Morgan fingerprint density at radius 1 is 1.35 bits per heavy atom. The predicted octanol–water partition coefficient (Wildman–Crippen LogP) is 3.26. The molecule has 2 aromatic rings. The summed E-state index contributed by atoms with van der Waals surface area (Å²) in [5.41, 5.74) is 1.46. The number of halogens is 1. The first-order chi connectivity index (χ1) is 8.24. The molecule has 0 aliphatic rings. The lowest BCUT2D eigenvalue weighted by molar-refractivity contribution is 0.496. The van der Waals surface area contributed by atoms with Crippen molar-refractivity contribution in [1.82, 2.24) is 14.8 Å². The summed E-state index contributed by atoms with van der Waals surface area (Å²) in [7, 11) is 0. The Balaban J connectivity index is 2.26. The molecule has 0 aliphatic heterocycles. The Morgan fingerprint density at radius 3 is 2.76 bits per heavy atom. The fourth-order valence-corrected chi connectivity index (χ4v) is 1.76. The van der Waals surface area contributed by atoms with E-state index in [1.165, 1.54) is 12.3 Å². The van der Waals surface area contributed by atoms with E-state index in [2.05, 4.69) is 23.4 Å². The van der Waals surface area contributed by atoms with Crippen LogP contribution in [0.5, 0.6) is 0 Å². The topological polar surface area (TPSA) is 30.7 Å². The summed E-state index contributed by atoms with van der Waals surface area (Å²) in [6.45, 7) is 4.13. The van der Waals surface area contributed by atoms with Gasteiger partial charge < -0.3 is 0 Å². The molecule has 0 bridgehead atoms. The molecule has 0 saturated carbocycles. The highest BCUT2D eigenvalue weighted by molar-refractivity contribution is 5.52. The molecule has 0 aliphatic carbocycles. The van der Waals surface area contributed by atoms with E-state index in [4.69, 9.17) is 0 Å². The van der Waals surface area contributed by atoms with Crippen LogP contribution in [0.25, 0.3) is 11.4 Å². The van der Waals surface area contributed by atoms with Gasteiger partial charge in [-0.2, -0.15) is 5.10 Å². The quantitative estimate of drug-likeness (QED) is 0.810. The van der Waals surface area contributed by atoms with Crippen molar-refractivity contribution in [3.05, 3.63) is 42.8 Å². The molecular formula is C13H15FN3.